The maximum atomic E-state index is 6.28. The second kappa shape index (κ2) is 6.18. The number of hydrogen-bond acceptors (Lipinski definition) is 2. The predicted molar refractivity (Wildman–Crippen MR) is 72.8 cm³/mol. The molecule has 2 heteroatoms. The molecule has 1 saturated carbocycles. The topological polar surface area (TPSA) is 38.0 Å². The van der Waals surface area contributed by atoms with Gasteiger partial charge >= 0.3 is 0 Å². The molecule has 0 aromatic heterocycles. The summed E-state index contributed by atoms with van der Waals surface area (Å²) in [6.45, 7) is 3.26. The van der Waals surface area contributed by atoms with Gasteiger partial charge in [0, 0.05) is 12.1 Å². The van der Waals surface area contributed by atoms with Gasteiger partial charge < -0.3 is 11.1 Å². The van der Waals surface area contributed by atoms with Crippen molar-refractivity contribution >= 4 is 0 Å². The van der Waals surface area contributed by atoms with Crippen LogP contribution in [0.4, 0.5) is 0 Å². The van der Waals surface area contributed by atoms with E-state index in [2.05, 4.69) is 36.5 Å². The van der Waals surface area contributed by atoms with Gasteiger partial charge in [0.2, 0.25) is 0 Å². The zero-order valence-corrected chi connectivity index (χ0v) is 10.7. The van der Waals surface area contributed by atoms with Crippen molar-refractivity contribution in [3.8, 4) is 0 Å². The van der Waals surface area contributed by atoms with Gasteiger partial charge in [-0.2, -0.15) is 0 Å². The van der Waals surface area contributed by atoms with Crippen molar-refractivity contribution in [2.75, 3.05) is 6.54 Å². The SMILES string of the molecule is CC(CNC1CCCC1)C(N)c1ccccc1. The quantitative estimate of drug-likeness (QED) is 0.819. The van der Waals surface area contributed by atoms with E-state index in [1.807, 2.05) is 6.07 Å². The van der Waals surface area contributed by atoms with E-state index in [4.69, 9.17) is 5.73 Å². The van der Waals surface area contributed by atoms with Crippen molar-refractivity contribution in [2.24, 2.45) is 11.7 Å². The Bertz CT molecular complexity index is 317. The van der Waals surface area contributed by atoms with E-state index >= 15 is 0 Å². The molecule has 1 aliphatic carbocycles. The van der Waals surface area contributed by atoms with Crippen LogP contribution in [0.25, 0.3) is 0 Å². The predicted octanol–water partition coefficient (Wildman–Crippen LogP) is 2.85. The molecule has 0 bridgehead atoms. The molecule has 1 aromatic rings. The highest BCUT2D eigenvalue weighted by Crippen LogP contribution is 2.21. The fourth-order valence-corrected chi connectivity index (χ4v) is 2.61. The molecule has 94 valence electrons. The first kappa shape index (κ1) is 12.6. The lowest BCUT2D eigenvalue weighted by atomic mass is 9.95. The maximum absolute atomic E-state index is 6.28. The van der Waals surface area contributed by atoms with Crippen LogP contribution in [0.3, 0.4) is 0 Å². The third-order valence-corrected chi connectivity index (χ3v) is 3.88. The molecule has 0 spiro atoms. The van der Waals surface area contributed by atoms with Crippen LogP contribution >= 0.6 is 0 Å². The van der Waals surface area contributed by atoms with Crippen LogP contribution in [0.15, 0.2) is 30.3 Å². The van der Waals surface area contributed by atoms with Gasteiger partial charge in [0.1, 0.15) is 0 Å². The summed E-state index contributed by atoms with van der Waals surface area (Å²) in [6.07, 6.45) is 5.45. The molecule has 0 heterocycles. The minimum atomic E-state index is 0.144. The van der Waals surface area contributed by atoms with Crippen LogP contribution in [-0.4, -0.2) is 12.6 Å². The number of nitrogens with one attached hydrogen (secondary N) is 1. The summed E-state index contributed by atoms with van der Waals surface area (Å²) in [4.78, 5) is 0. The normalized spacial score (nSPS) is 20.4. The second-order valence-electron chi connectivity index (χ2n) is 5.30. The molecule has 0 saturated heterocycles. The van der Waals surface area contributed by atoms with Gasteiger partial charge in [0.15, 0.2) is 0 Å². The van der Waals surface area contributed by atoms with E-state index in [1.54, 1.807) is 0 Å². The molecule has 17 heavy (non-hydrogen) atoms. The molecule has 1 aliphatic rings. The molecule has 1 aromatic carbocycles. The molecule has 1 fully saturated rings. The number of benzene rings is 1. The first-order valence-corrected chi connectivity index (χ1v) is 6.81. The van der Waals surface area contributed by atoms with Crippen molar-refractivity contribution in [1.29, 1.82) is 0 Å². The first-order chi connectivity index (χ1) is 8.27. The van der Waals surface area contributed by atoms with Gasteiger partial charge in [-0.15, -0.1) is 0 Å². The van der Waals surface area contributed by atoms with E-state index in [9.17, 15) is 0 Å². The Hall–Kier alpha value is -0.860. The third kappa shape index (κ3) is 3.55. The van der Waals surface area contributed by atoms with E-state index in [-0.39, 0.29) is 6.04 Å². The average Bonchev–Trinajstić information content (AvgIpc) is 2.89. The van der Waals surface area contributed by atoms with Gasteiger partial charge in [-0.05, 0) is 30.9 Å². The van der Waals surface area contributed by atoms with Gasteiger partial charge in [0.25, 0.3) is 0 Å². The summed E-state index contributed by atoms with van der Waals surface area (Å²) in [6, 6.07) is 11.3. The molecular formula is C15H24N2. The molecule has 0 aliphatic heterocycles. The molecular weight excluding hydrogens is 208 g/mol. The van der Waals surface area contributed by atoms with Crippen LogP contribution < -0.4 is 11.1 Å². The summed E-state index contributed by atoms with van der Waals surface area (Å²) in [5, 5.41) is 3.65. The zero-order chi connectivity index (χ0) is 12.1. The Balaban J connectivity index is 1.80. The minimum Gasteiger partial charge on any atom is -0.324 e. The average molecular weight is 232 g/mol. The third-order valence-electron chi connectivity index (χ3n) is 3.88. The maximum Gasteiger partial charge on any atom is 0.0333 e. The molecule has 2 nitrogen and oxygen atoms in total. The van der Waals surface area contributed by atoms with E-state index in [0.717, 1.165) is 12.6 Å². The Kier molecular flexibility index (Phi) is 4.57. The smallest absolute Gasteiger partial charge is 0.0333 e. The van der Waals surface area contributed by atoms with Crippen molar-refractivity contribution in [2.45, 2.75) is 44.7 Å². The monoisotopic (exact) mass is 232 g/mol. The Morgan fingerprint density at radius 3 is 2.53 bits per heavy atom. The Morgan fingerprint density at radius 1 is 1.24 bits per heavy atom. The van der Waals surface area contributed by atoms with Crippen LogP contribution in [0.5, 0.6) is 0 Å². The highest BCUT2D eigenvalue weighted by molar-refractivity contribution is 5.19. The summed E-state index contributed by atoms with van der Waals surface area (Å²) in [7, 11) is 0. The van der Waals surface area contributed by atoms with Crippen molar-refractivity contribution in [3.05, 3.63) is 35.9 Å². The van der Waals surface area contributed by atoms with Gasteiger partial charge in [-0.25, -0.2) is 0 Å². The van der Waals surface area contributed by atoms with Gasteiger partial charge in [-0.1, -0.05) is 50.1 Å². The summed E-state index contributed by atoms with van der Waals surface area (Å²) in [5.74, 6) is 0.484. The molecule has 2 unspecified atom stereocenters. The lowest BCUT2D eigenvalue weighted by Crippen LogP contribution is -2.34. The standard InChI is InChI=1S/C15H24N2/c1-12(11-17-14-9-5-6-10-14)15(16)13-7-3-2-4-8-13/h2-4,7-8,12,14-15,17H,5-6,9-11,16H2,1H3. The van der Waals surface area contributed by atoms with Crippen molar-refractivity contribution < 1.29 is 0 Å². The fourth-order valence-electron chi connectivity index (χ4n) is 2.61. The first-order valence-electron chi connectivity index (χ1n) is 6.81. The highest BCUT2D eigenvalue weighted by Gasteiger charge is 2.18. The summed E-state index contributed by atoms with van der Waals surface area (Å²) < 4.78 is 0. The summed E-state index contributed by atoms with van der Waals surface area (Å²) in [5.41, 5.74) is 7.53. The van der Waals surface area contributed by atoms with E-state index < -0.39 is 0 Å². The summed E-state index contributed by atoms with van der Waals surface area (Å²) >= 11 is 0. The van der Waals surface area contributed by atoms with E-state index in [1.165, 1.54) is 31.2 Å². The second-order valence-corrected chi connectivity index (χ2v) is 5.30. The number of rotatable bonds is 5. The molecule has 2 rings (SSSR count). The van der Waals surface area contributed by atoms with Gasteiger partial charge in [0.05, 0.1) is 0 Å². The van der Waals surface area contributed by atoms with Crippen molar-refractivity contribution in [3.63, 3.8) is 0 Å². The van der Waals surface area contributed by atoms with Crippen LogP contribution in [-0.2, 0) is 0 Å². The minimum absolute atomic E-state index is 0.144. The molecule has 0 amide bonds. The lowest BCUT2D eigenvalue weighted by Gasteiger charge is -2.22. The van der Waals surface area contributed by atoms with E-state index in [0.29, 0.717) is 5.92 Å². The number of hydrogen-bond donors (Lipinski definition) is 2. The lowest BCUT2D eigenvalue weighted by molar-refractivity contribution is 0.399. The van der Waals surface area contributed by atoms with Gasteiger partial charge in [-0.3, -0.25) is 0 Å². The fraction of sp³-hybridized carbons (Fsp3) is 0.600. The Labute approximate surface area is 105 Å². The zero-order valence-electron chi connectivity index (χ0n) is 10.7. The Morgan fingerprint density at radius 2 is 1.88 bits per heavy atom. The molecule has 0 radical (unpaired) electrons. The highest BCUT2D eigenvalue weighted by atomic mass is 14.9. The molecule has 2 atom stereocenters. The molecule has 3 N–H and O–H groups in total. The van der Waals surface area contributed by atoms with Crippen LogP contribution in [0.1, 0.15) is 44.2 Å². The van der Waals surface area contributed by atoms with Crippen molar-refractivity contribution in [1.82, 2.24) is 5.32 Å². The van der Waals surface area contributed by atoms with Crippen LogP contribution in [0.2, 0.25) is 0 Å². The largest absolute Gasteiger partial charge is 0.324 e. The number of nitrogens with two attached hydrogens (primary N) is 1. The van der Waals surface area contributed by atoms with Crippen LogP contribution in [0, 0.1) is 5.92 Å².